The maximum atomic E-state index is 13.7. The Morgan fingerprint density at radius 1 is 0.322 bits per heavy atom. The molecule has 8 aromatic carbocycles. The van der Waals surface area contributed by atoms with Crippen LogP contribution in [0.3, 0.4) is 0 Å². The monoisotopic (exact) mass is 1340 g/mol. The Balaban J connectivity index is 0.0000108. The fraction of sp³-hybridized carbons (Fsp3) is 0.0392. The van der Waals surface area contributed by atoms with Gasteiger partial charge in [-0.3, -0.25) is 46.5 Å². The van der Waals surface area contributed by atoms with Gasteiger partial charge in [-0.05, 0) is 134 Å². The van der Waals surface area contributed by atoms with Crippen LogP contribution in [0.2, 0.25) is 0 Å². The molecule has 0 saturated carbocycles. The normalized spacial score (nSPS) is 12.1. The summed E-state index contributed by atoms with van der Waals surface area (Å²) < 4.78 is 206. The maximum absolute atomic E-state index is 13.7. The smallest absolute Gasteiger partial charge is 0.322 e. The number of aryl methyl sites for hydroxylation is 2. The number of hydrogen-bond acceptors (Lipinski definition) is 17. The first kappa shape index (κ1) is 66.7. The number of urea groups is 1. The van der Waals surface area contributed by atoms with Crippen LogP contribution in [-0.2, 0) is 60.7 Å². The molecule has 12 N–H and O–H groups in total. The van der Waals surface area contributed by atoms with Gasteiger partial charge in [-0.25, -0.2) is 4.79 Å². The first-order valence-electron chi connectivity index (χ1n) is 23.6. The van der Waals surface area contributed by atoms with E-state index in [0.717, 1.165) is 12.1 Å². The van der Waals surface area contributed by atoms with Crippen molar-refractivity contribution in [1.82, 2.24) is 0 Å². The van der Waals surface area contributed by atoms with E-state index in [-0.39, 0.29) is 82.7 Å². The van der Waals surface area contributed by atoms with E-state index in [1.807, 2.05) is 0 Å². The second kappa shape index (κ2) is 24.7. The molecule has 29 nitrogen and oxygen atoms in total. The number of amides is 6. The number of benzene rings is 8. The van der Waals surface area contributed by atoms with Gasteiger partial charge in [0.1, 0.15) is 19.6 Å². The molecule has 6 amide bonds. The van der Waals surface area contributed by atoms with Gasteiger partial charge in [-0.15, -0.1) is 0 Å². The van der Waals surface area contributed by atoms with Crippen molar-refractivity contribution in [3.63, 3.8) is 0 Å². The predicted molar refractivity (Wildman–Crippen MR) is 312 cm³/mol. The van der Waals surface area contributed by atoms with Gasteiger partial charge in [-0.1, -0.05) is 24.3 Å². The van der Waals surface area contributed by atoms with E-state index in [4.69, 9.17) is 0 Å². The Hall–Kier alpha value is -7.85. The number of hydrogen-bond donors (Lipinski definition) is 12. The molecular weight excluding hydrogens is 1300 g/mol. The van der Waals surface area contributed by atoms with E-state index in [2.05, 4.69) is 31.9 Å². The predicted octanol–water partition coefficient (Wildman–Crippen LogP) is 6.36. The van der Waals surface area contributed by atoms with Crippen LogP contribution in [0.1, 0.15) is 52.6 Å². The summed E-state index contributed by atoms with van der Waals surface area (Å²) in [6.45, 7) is 3.12. The van der Waals surface area contributed by atoms with Crippen molar-refractivity contribution in [2.45, 2.75) is 43.2 Å². The third-order valence-electron chi connectivity index (χ3n) is 12.5. The van der Waals surface area contributed by atoms with E-state index >= 15 is 0 Å². The topological polar surface area (TPSA) is 484 Å². The summed E-state index contributed by atoms with van der Waals surface area (Å²) >= 11 is 0. The first-order chi connectivity index (χ1) is 39.8. The molecule has 0 spiro atoms. The molecule has 8 aromatic rings. The largest absolute Gasteiger partial charge is 2.00 e. The van der Waals surface area contributed by atoms with E-state index in [1.165, 1.54) is 84.9 Å². The van der Waals surface area contributed by atoms with Gasteiger partial charge in [0, 0.05) is 66.5 Å². The minimum atomic E-state index is -5.45. The van der Waals surface area contributed by atoms with E-state index < -0.39 is 153 Å². The second-order valence-electron chi connectivity index (χ2n) is 18.4. The first-order valence-corrected chi connectivity index (χ1v) is 32.2. The van der Waals surface area contributed by atoms with Crippen molar-refractivity contribution < 1.29 is 102 Å². The molecule has 448 valence electrons. The van der Waals surface area contributed by atoms with Crippen LogP contribution in [-0.4, -0.2) is 145 Å². The van der Waals surface area contributed by atoms with Crippen molar-refractivity contribution in [2.75, 3.05) is 31.9 Å². The average molecular weight is 1340 g/mol. The molecular formula is C51H40CaN6O23S6+2. The van der Waals surface area contributed by atoms with Crippen LogP contribution in [0, 0.1) is 13.8 Å². The molecule has 0 heterocycles. The summed E-state index contributed by atoms with van der Waals surface area (Å²) in [5, 5.41) is 11.8. The van der Waals surface area contributed by atoms with Crippen molar-refractivity contribution in [3.8, 4) is 0 Å². The van der Waals surface area contributed by atoms with Crippen LogP contribution in [0.4, 0.5) is 38.9 Å². The fourth-order valence-electron chi connectivity index (χ4n) is 8.50. The minimum absolute atomic E-state index is 0. The minimum Gasteiger partial charge on any atom is -0.322 e. The third kappa shape index (κ3) is 15.3. The summed E-state index contributed by atoms with van der Waals surface area (Å²) in [5.74, 6) is -3.56. The molecule has 0 radical (unpaired) electrons. The number of carbonyl (C=O) groups excluding carboxylic acids is 5. The summed E-state index contributed by atoms with van der Waals surface area (Å²) in [6.07, 6.45) is 0. The zero-order chi connectivity index (χ0) is 63.4. The Morgan fingerprint density at radius 2 is 0.632 bits per heavy atom. The van der Waals surface area contributed by atoms with E-state index in [1.54, 1.807) is 13.8 Å². The Labute approximate surface area is 523 Å². The Morgan fingerprint density at radius 3 is 0.943 bits per heavy atom. The van der Waals surface area contributed by atoms with Crippen molar-refractivity contribution in [3.05, 3.63) is 167 Å². The number of nitrogens with one attached hydrogen (secondary N) is 6. The van der Waals surface area contributed by atoms with Crippen LogP contribution in [0.5, 0.6) is 0 Å². The number of carbonyl (C=O) groups is 5. The molecule has 87 heavy (non-hydrogen) atoms. The van der Waals surface area contributed by atoms with E-state index in [9.17, 15) is 102 Å². The molecule has 0 fully saturated rings. The average Bonchev–Trinajstić information content (AvgIpc) is 0.808. The third-order valence-corrected chi connectivity index (χ3v) is 17.7. The molecule has 36 heteroatoms. The van der Waals surface area contributed by atoms with Gasteiger partial charge < -0.3 is 31.9 Å². The van der Waals surface area contributed by atoms with E-state index in [0.29, 0.717) is 47.5 Å². The van der Waals surface area contributed by atoms with Crippen molar-refractivity contribution >= 4 is 184 Å². The number of fused-ring (bicyclic) bond motifs is 2. The van der Waals surface area contributed by atoms with Gasteiger partial charge in [0.15, 0.2) is 0 Å². The van der Waals surface area contributed by atoms with Crippen LogP contribution in [0.25, 0.3) is 21.5 Å². The molecule has 8 rings (SSSR count). The standard InChI is InChI=1S/C51H40N6O23S6.Ca/c1-25-9-11-29(49(60)54-37-13-15-41(83(69,70)71)35-21-33(81(63,64)65)23-43(45(35)37)85(75,76)77)19-39(25)56-47(58)27-5-3-7-31(17-27)52-51(62)53-32-8-4-6-28(18-32)48(59)57-40-20-30(12-10-26(40)2)50(61)55-38-14-16-42(84(72,73)74)36-22-34(82(66,67)68)24-44(46(36)38)86(78,79)80;/h3-24H,1-2H3,(H,54,60)(H,55,61)(H,56,58)(H,57,59)(H2,52,53,62)(H,63,64,65)(H,66,67,68)(H,69,70,71)(H,72,73,74)(H,75,76,77)(H,78,79,80);/q;+2. The van der Waals surface area contributed by atoms with Crippen LogP contribution < -0.4 is 31.9 Å². The van der Waals surface area contributed by atoms with Gasteiger partial charge in [0.2, 0.25) is 0 Å². The fourth-order valence-corrected chi connectivity index (χ4v) is 12.6. The van der Waals surface area contributed by atoms with Gasteiger partial charge in [0.05, 0.1) is 21.2 Å². The van der Waals surface area contributed by atoms with Crippen molar-refractivity contribution in [1.29, 1.82) is 0 Å². The quantitative estimate of drug-likeness (QED) is 0.0369. The van der Waals surface area contributed by atoms with Crippen LogP contribution >= 0.6 is 0 Å². The zero-order valence-electron chi connectivity index (χ0n) is 44.0. The van der Waals surface area contributed by atoms with Gasteiger partial charge in [-0.2, -0.15) is 50.5 Å². The summed E-state index contributed by atoms with van der Waals surface area (Å²) in [5.41, 5.74) is -0.385. The Kier molecular flexibility index (Phi) is 19.0. The van der Waals surface area contributed by atoms with Gasteiger partial charge in [0.25, 0.3) is 84.3 Å². The molecule has 0 atom stereocenters. The molecule has 0 aliphatic carbocycles. The molecule has 0 aliphatic heterocycles. The maximum Gasteiger partial charge on any atom is 2.00 e. The molecule has 0 aliphatic rings. The number of anilines is 6. The molecule has 0 saturated heterocycles. The number of rotatable bonds is 16. The van der Waals surface area contributed by atoms with Gasteiger partial charge >= 0.3 is 43.8 Å². The molecule has 0 aromatic heterocycles. The second-order valence-corrected chi connectivity index (χ2v) is 26.8. The SMILES string of the molecule is Cc1ccc(C(=O)Nc2ccc(S(=O)(=O)O)c3cc(S(=O)(=O)O)cc(S(=O)(=O)O)c23)cc1NC(=O)c1cccc(NC(=O)Nc2cccc(C(=O)Nc3cc(C(=O)Nc4ccc(S(=O)(=O)O)c5cc(S(=O)(=O)O)cc(S(=O)(=O)O)c45)ccc3C)c2)c1.[Ca+2]. The Bertz CT molecular complexity index is 4720. The summed E-state index contributed by atoms with van der Waals surface area (Å²) in [7, 11) is -31.9. The summed E-state index contributed by atoms with van der Waals surface area (Å²) in [6, 6.07) is 22.6. The molecule has 0 bridgehead atoms. The molecule has 0 unspecified atom stereocenters. The van der Waals surface area contributed by atoms with Crippen molar-refractivity contribution in [2.24, 2.45) is 0 Å². The summed E-state index contributed by atoms with van der Waals surface area (Å²) in [4.78, 5) is 60.8. The zero-order valence-corrected chi connectivity index (χ0v) is 51.1. The van der Waals surface area contributed by atoms with Crippen LogP contribution in [0.15, 0.2) is 163 Å².